The van der Waals surface area contributed by atoms with Crippen LogP contribution in [0, 0.1) is 0 Å². The smallest absolute Gasteiger partial charge is 0.242 e. The van der Waals surface area contributed by atoms with Crippen molar-refractivity contribution in [3.8, 4) is 0 Å². The lowest BCUT2D eigenvalue weighted by atomic mass is 10.1. The van der Waals surface area contributed by atoms with Crippen LogP contribution in [0.25, 0.3) is 0 Å². The summed E-state index contributed by atoms with van der Waals surface area (Å²) in [5.74, 6) is -0.265. The first kappa shape index (κ1) is 22.3. The minimum absolute atomic E-state index is 0.0991. The third-order valence-electron chi connectivity index (χ3n) is 4.60. The van der Waals surface area contributed by atoms with Crippen LogP contribution >= 0.6 is 23.2 Å². The lowest BCUT2D eigenvalue weighted by Crippen LogP contribution is -2.49. The zero-order valence-corrected chi connectivity index (χ0v) is 17.8. The fourth-order valence-corrected chi connectivity index (χ4v) is 3.62. The van der Waals surface area contributed by atoms with Gasteiger partial charge >= 0.3 is 0 Å². The van der Waals surface area contributed by atoms with E-state index >= 15 is 0 Å². The number of carbonyl (C=O) groups excluding carboxylic acids is 2. The summed E-state index contributed by atoms with van der Waals surface area (Å²) in [4.78, 5) is 27.3. The number of halogens is 2. The van der Waals surface area contributed by atoms with Crippen LogP contribution in [0.15, 0.2) is 48.5 Å². The van der Waals surface area contributed by atoms with Gasteiger partial charge in [-0.15, -0.1) is 0 Å². The average molecular weight is 421 g/mol. The number of aryl methyl sites for hydroxylation is 1. The minimum Gasteiger partial charge on any atom is -0.355 e. The summed E-state index contributed by atoms with van der Waals surface area (Å²) in [7, 11) is 0. The van der Waals surface area contributed by atoms with Gasteiger partial charge in [0.1, 0.15) is 6.04 Å². The Morgan fingerprint density at radius 2 is 1.64 bits per heavy atom. The number of hydrogen-bond acceptors (Lipinski definition) is 2. The molecule has 1 atom stereocenters. The number of amides is 2. The predicted octanol–water partition coefficient (Wildman–Crippen LogP) is 4.87. The molecule has 0 saturated heterocycles. The van der Waals surface area contributed by atoms with Gasteiger partial charge in [0.25, 0.3) is 0 Å². The van der Waals surface area contributed by atoms with Crippen LogP contribution in [0.1, 0.15) is 37.8 Å². The lowest BCUT2D eigenvalue weighted by Gasteiger charge is -2.31. The maximum atomic E-state index is 13.1. The van der Waals surface area contributed by atoms with Gasteiger partial charge in [-0.25, -0.2) is 0 Å². The Labute approximate surface area is 176 Å². The van der Waals surface area contributed by atoms with Crippen LogP contribution in [0.4, 0.5) is 0 Å². The van der Waals surface area contributed by atoms with Gasteiger partial charge in [-0.2, -0.15) is 0 Å². The highest BCUT2D eigenvalue weighted by Crippen LogP contribution is 2.27. The fraction of sp³-hybridized carbons (Fsp3) is 0.364. The minimum atomic E-state index is -0.574. The Balaban J connectivity index is 2.26. The molecule has 1 N–H and O–H groups in total. The fourth-order valence-electron chi connectivity index (χ4n) is 3.10. The van der Waals surface area contributed by atoms with E-state index in [9.17, 15) is 9.59 Å². The normalized spacial score (nSPS) is 11.7. The molecule has 0 fully saturated rings. The molecule has 0 aliphatic heterocycles. The van der Waals surface area contributed by atoms with Gasteiger partial charge in [0, 0.05) is 35.1 Å². The molecule has 150 valence electrons. The maximum Gasteiger partial charge on any atom is 0.242 e. The van der Waals surface area contributed by atoms with Crippen molar-refractivity contribution >= 4 is 35.0 Å². The summed E-state index contributed by atoms with van der Waals surface area (Å²) in [5, 5.41) is 3.79. The number of hydrogen-bond donors (Lipinski definition) is 1. The van der Waals surface area contributed by atoms with Gasteiger partial charge in [0.2, 0.25) is 11.8 Å². The largest absolute Gasteiger partial charge is 0.355 e. The van der Waals surface area contributed by atoms with E-state index in [1.54, 1.807) is 23.1 Å². The molecule has 2 rings (SSSR count). The summed E-state index contributed by atoms with van der Waals surface area (Å²) >= 11 is 12.6. The third-order valence-corrected chi connectivity index (χ3v) is 5.31. The number of benzene rings is 2. The molecule has 6 heteroatoms. The summed E-state index contributed by atoms with van der Waals surface area (Å²) in [6, 6.07) is 14.5. The van der Waals surface area contributed by atoms with Crippen molar-refractivity contribution < 1.29 is 9.59 Å². The molecular formula is C22H26Cl2N2O2. The number of likely N-dealkylation sites (N-methyl/N-ethyl adjacent to an activating group) is 1. The summed E-state index contributed by atoms with van der Waals surface area (Å²) < 4.78 is 0. The first-order chi connectivity index (χ1) is 13.5. The summed E-state index contributed by atoms with van der Waals surface area (Å²) in [5.41, 5.74) is 1.74. The first-order valence-corrected chi connectivity index (χ1v) is 10.3. The first-order valence-electron chi connectivity index (χ1n) is 9.51. The van der Waals surface area contributed by atoms with Crippen LogP contribution in [0.3, 0.4) is 0 Å². The molecule has 1 unspecified atom stereocenters. The average Bonchev–Trinajstić information content (AvgIpc) is 2.69. The van der Waals surface area contributed by atoms with Gasteiger partial charge in [-0.3, -0.25) is 9.59 Å². The van der Waals surface area contributed by atoms with E-state index in [2.05, 4.69) is 5.32 Å². The Kier molecular flexibility index (Phi) is 8.81. The molecule has 0 heterocycles. The van der Waals surface area contributed by atoms with Crippen molar-refractivity contribution in [3.05, 3.63) is 69.7 Å². The van der Waals surface area contributed by atoms with E-state index in [1.165, 1.54) is 0 Å². The molecule has 2 aromatic rings. The van der Waals surface area contributed by atoms with E-state index in [4.69, 9.17) is 23.2 Å². The quantitative estimate of drug-likeness (QED) is 0.628. The monoisotopic (exact) mass is 420 g/mol. The Bertz CT molecular complexity index is 776. The molecule has 2 aromatic carbocycles. The van der Waals surface area contributed by atoms with E-state index in [0.29, 0.717) is 41.4 Å². The molecular weight excluding hydrogens is 395 g/mol. The molecule has 28 heavy (non-hydrogen) atoms. The SMILES string of the molecule is CCNC(=O)C(CC)N(Cc1c(Cl)cccc1Cl)C(=O)CCc1ccccc1. The highest BCUT2D eigenvalue weighted by Gasteiger charge is 2.29. The molecule has 2 amide bonds. The van der Waals surface area contributed by atoms with Crippen LogP contribution in [-0.4, -0.2) is 29.3 Å². The molecule has 0 aliphatic carbocycles. The van der Waals surface area contributed by atoms with E-state index < -0.39 is 6.04 Å². The number of nitrogens with one attached hydrogen (secondary N) is 1. The van der Waals surface area contributed by atoms with E-state index in [0.717, 1.165) is 5.56 Å². The summed E-state index contributed by atoms with van der Waals surface area (Å²) in [6.45, 7) is 4.46. The summed E-state index contributed by atoms with van der Waals surface area (Å²) in [6.07, 6.45) is 1.42. The second-order valence-electron chi connectivity index (χ2n) is 6.53. The molecule has 0 radical (unpaired) electrons. The Morgan fingerprint density at radius 1 is 1.00 bits per heavy atom. The van der Waals surface area contributed by atoms with Crippen molar-refractivity contribution in [2.24, 2.45) is 0 Å². The second-order valence-corrected chi connectivity index (χ2v) is 7.34. The predicted molar refractivity (Wildman–Crippen MR) is 115 cm³/mol. The van der Waals surface area contributed by atoms with Crippen LogP contribution in [-0.2, 0) is 22.6 Å². The van der Waals surface area contributed by atoms with Gasteiger partial charge in [-0.1, -0.05) is 66.5 Å². The van der Waals surface area contributed by atoms with Crippen molar-refractivity contribution in [1.29, 1.82) is 0 Å². The second kappa shape index (κ2) is 11.1. The van der Waals surface area contributed by atoms with Gasteiger partial charge in [0.05, 0.1) is 0 Å². The van der Waals surface area contributed by atoms with E-state index in [-0.39, 0.29) is 18.4 Å². The molecule has 0 saturated carbocycles. The molecule has 0 spiro atoms. The number of nitrogens with zero attached hydrogens (tertiary/aromatic N) is 1. The van der Waals surface area contributed by atoms with Crippen molar-refractivity contribution in [1.82, 2.24) is 10.2 Å². The van der Waals surface area contributed by atoms with Gasteiger partial charge in [0.15, 0.2) is 0 Å². The Morgan fingerprint density at radius 3 is 2.21 bits per heavy atom. The zero-order valence-electron chi connectivity index (χ0n) is 16.3. The topological polar surface area (TPSA) is 49.4 Å². The van der Waals surface area contributed by atoms with Crippen molar-refractivity contribution in [2.45, 2.75) is 45.7 Å². The molecule has 0 bridgehead atoms. The number of carbonyl (C=O) groups is 2. The third kappa shape index (κ3) is 5.98. The van der Waals surface area contributed by atoms with Crippen LogP contribution in [0.5, 0.6) is 0 Å². The van der Waals surface area contributed by atoms with Gasteiger partial charge in [-0.05, 0) is 37.5 Å². The standard InChI is InChI=1S/C22H26Cl2N2O2/c1-3-20(22(28)25-4-2)26(15-17-18(23)11-8-12-19(17)24)21(27)14-13-16-9-6-5-7-10-16/h5-12,20H,3-4,13-15H2,1-2H3,(H,25,28). The molecule has 0 aliphatic rings. The molecule has 0 aromatic heterocycles. The maximum absolute atomic E-state index is 13.1. The van der Waals surface area contributed by atoms with Crippen molar-refractivity contribution in [3.63, 3.8) is 0 Å². The Hall–Kier alpha value is -2.04. The zero-order chi connectivity index (χ0) is 20.5. The lowest BCUT2D eigenvalue weighted by molar-refractivity contribution is -0.141. The van der Waals surface area contributed by atoms with Crippen molar-refractivity contribution in [2.75, 3.05) is 6.54 Å². The van der Waals surface area contributed by atoms with E-state index in [1.807, 2.05) is 44.2 Å². The van der Waals surface area contributed by atoms with Crippen LogP contribution < -0.4 is 5.32 Å². The van der Waals surface area contributed by atoms with Gasteiger partial charge < -0.3 is 10.2 Å². The highest BCUT2D eigenvalue weighted by molar-refractivity contribution is 6.36. The molecule has 4 nitrogen and oxygen atoms in total. The number of rotatable bonds is 9. The van der Waals surface area contributed by atoms with Crippen LogP contribution in [0.2, 0.25) is 10.0 Å². The highest BCUT2D eigenvalue weighted by atomic mass is 35.5.